The van der Waals surface area contributed by atoms with Crippen LogP contribution in [0.4, 0.5) is 0 Å². The van der Waals surface area contributed by atoms with Crippen LogP contribution in [0.2, 0.25) is 0 Å². The number of hydrogen-bond acceptors (Lipinski definition) is 7. The first kappa shape index (κ1) is 33.9. The molecule has 7 aromatic rings. The molecule has 0 bridgehead atoms. The van der Waals surface area contributed by atoms with Crippen LogP contribution in [0.3, 0.4) is 0 Å². The van der Waals surface area contributed by atoms with Gasteiger partial charge in [-0.1, -0.05) is 92.1 Å². The van der Waals surface area contributed by atoms with Crippen LogP contribution < -0.4 is 0 Å². The first-order chi connectivity index (χ1) is 25.8. The molecule has 1 aliphatic rings. The molecule has 0 radical (unpaired) electrons. The Morgan fingerprint density at radius 3 is 2.11 bits per heavy atom. The van der Waals surface area contributed by atoms with Crippen molar-refractivity contribution in [3.05, 3.63) is 130 Å². The van der Waals surface area contributed by atoms with Gasteiger partial charge in [0.25, 0.3) is 17.7 Å². The van der Waals surface area contributed by atoms with E-state index in [1.807, 2.05) is 78.6 Å². The Kier molecular flexibility index (Phi) is 8.78. The van der Waals surface area contributed by atoms with E-state index >= 15 is 0 Å². The van der Waals surface area contributed by atoms with Gasteiger partial charge in [0.15, 0.2) is 0 Å². The molecule has 264 valence electrons. The van der Waals surface area contributed by atoms with E-state index in [-0.39, 0.29) is 23.3 Å². The molecule has 0 fully saturated rings. The van der Waals surface area contributed by atoms with Gasteiger partial charge in [-0.2, -0.15) is 0 Å². The maximum atomic E-state index is 14.9. The minimum Gasteiger partial charge on any atom is -0.465 e. The summed E-state index contributed by atoms with van der Waals surface area (Å²) in [4.78, 5) is 68.6. The van der Waals surface area contributed by atoms with Crippen LogP contribution in [0, 0.1) is 6.92 Å². The lowest BCUT2D eigenvalue weighted by Gasteiger charge is -2.28. The SMILES string of the molecule is CCCCCN1C(=O)c2ccc3c4ncc(C(=O)OC)c5c(C(=O)N(CCc6ccccc6)Cc6ccc(C)cc6)ccc(c6ncc(c2c36)C1=O)c54. The van der Waals surface area contributed by atoms with Gasteiger partial charge in [0.1, 0.15) is 0 Å². The number of esters is 1. The van der Waals surface area contributed by atoms with Gasteiger partial charge in [-0.15, -0.1) is 0 Å². The van der Waals surface area contributed by atoms with Crippen molar-refractivity contribution in [1.82, 2.24) is 19.8 Å². The van der Waals surface area contributed by atoms with E-state index in [2.05, 4.69) is 6.92 Å². The first-order valence-electron chi connectivity index (χ1n) is 18.1. The van der Waals surface area contributed by atoms with Crippen LogP contribution in [-0.2, 0) is 17.7 Å². The topological polar surface area (TPSA) is 110 Å². The third kappa shape index (κ3) is 5.73. The number of carbonyl (C=O) groups is 4. The molecule has 0 N–H and O–H groups in total. The summed E-state index contributed by atoms with van der Waals surface area (Å²) in [6.07, 6.45) is 6.26. The molecule has 3 heterocycles. The molecule has 9 heteroatoms. The molecule has 53 heavy (non-hydrogen) atoms. The van der Waals surface area contributed by atoms with Crippen molar-refractivity contribution in [3.63, 3.8) is 0 Å². The number of benzene rings is 5. The van der Waals surface area contributed by atoms with Gasteiger partial charge in [-0.05, 0) is 43.0 Å². The third-order valence-electron chi connectivity index (χ3n) is 10.4. The molecule has 8 rings (SSSR count). The normalized spacial score (nSPS) is 12.8. The zero-order chi connectivity index (χ0) is 36.8. The fourth-order valence-electron chi connectivity index (χ4n) is 7.71. The Labute approximate surface area is 306 Å². The summed E-state index contributed by atoms with van der Waals surface area (Å²) in [5.74, 6) is -1.53. The van der Waals surface area contributed by atoms with Crippen LogP contribution in [0.1, 0.15) is 84.3 Å². The van der Waals surface area contributed by atoms with Crippen LogP contribution in [0.5, 0.6) is 0 Å². The number of amides is 3. The third-order valence-corrected chi connectivity index (χ3v) is 10.4. The Morgan fingerprint density at radius 2 is 1.40 bits per heavy atom. The lowest BCUT2D eigenvalue weighted by molar-refractivity contribution is 0.0593. The average molecular weight is 703 g/mol. The van der Waals surface area contributed by atoms with Gasteiger partial charge in [0.05, 0.1) is 29.3 Å². The molecule has 0 aliphatic carbocycles. The second kappa shape index (κ2) is 13.7. The van der Waals surface area contributed by atoms with Crippen molar-refractivity contribution in [2.75, 3.05) is 20.2 Å². The van der Waals surface area contributed by atoms with E-state index < -0.39 is 5.97 Å². The van der Waals surface area contributed by atoms with E-state index in [0.717, 1.165) is 36.0 Å². The van der Waals surface area contributed by atoms with E-state index in [1.54, 1.807) is 18.3 Å². The molecule has 0 atom stereocenters. The Balaban J connectivity index is 1.32. The summed E-state index contributed by atoms with van der Waals surface area (Å²) in [5.41, 5.74) is 5.64. The highest BCUT2D eigenvalue weighted by Gasteiger charge is 2.35. The molecule has 3 amide bonds. The highest BCUT2D eigenvalue weighted by Crippen LogP contribution is 2.44. The highest BCUT2D eigenvalue weighted by molar-refractivity contribution is 6.38. The van der Waals surface area contributed by atoms with Gasteiger partial charge in [0.2, 0.25) is 0 Å². The molecular formula is C44H38N4O5. The molecular weight excluding hydrogens is 665 g/mol. The number of unbranched alkanes of at least 4 members (excludes halogenated alkanes) is 2. The van der Waals surface area contributed by atoms with Crippen LogP contribution >= 0.6 is 0 Å². The number of pyridine rings is 2. The van der Waals surface area contributed by atoms with Gasteiger partial charge >= 0.3 is 5.97 Å². The van der Waals surface area contributed by atoms with Crippen molar-refractivity contribution in [2.24, 2.45) is 0 Å². The minimum absolute atomic E-state index is 0.164. The second-order valence-electron chi connectivity index (χ2n) is 13.8. The van der Waals surface area contributed by atoms with Gasteiger partial charge < -0.3 is 9.64 Å². The number of nitrogens with zero attached hydrogens (tertiary/aromatic N) is 4. The molecule has 5 aromatic carbocycles. The lowest BCUT2D eigenvalue weighted by atomic mass is 9.87. The Bertz CT molecular complexity index is 2510. The standard InChI is InChI=1S/C44H38N4O5/c1-4-5-9-21-48-42(50)32-19-17-29-37-35(32)33(43(48)51)23-45-39(37)30-16-18-31(36-34(44(52)53-3)24-46-40(29)38(30)36)41(49)47(22-20-27-10-7-6-8-11-27)25-28-14-12-26(2)13-15-28/h6-8,10-19,23-24H,4-5,9,20-22,25H2,1-3H3. The summed E-state index contributed by atoms with van der Waals surface area (Å²) in [6.45, 7) is 5.26. The maximum Gasteiger partial charge on any atom is 0.340 e. The van der Waals surface area contributed by atoms with Gasteiger partial charge in [-0.3, -0.25) is 29.3 Å². The quantitative estimate of drug-likeness (QED) is 0.0439. The summed E-state index contributed by atoms with van der Waals surface area (Å²) in [7, 11) is 1.31. The van der Waals surface area contributed by atoms with Crippen LogP contribution in [0.25, 0.3) is 43.4 Å². The lowest BCUT2D eigenvalue weighted by Crippen LogP contribution is -2.41. The monoisotopic (exact) mass is 702 g/mol. The van der Waals surface area contributed by atoms with Crippen molar-refractivity contribution in [2.45, 2.75) is 46.1 Å². The van der Waals surface area contributed by atoms with Gasteiger partial charge in [0, 0.05) is 75.5 Å². The zero-order valence-electron chi connectivity index (χ0n) is 29.9. The second-order valence-corrected chi connectivity index (χ2v) is 13.8. The summed E-state index contributed by atoms with van der Waals surface area (Å²) in [5, 5.41) is 3.55. The molecule has 0 saturated carbocycles. The number of methoxy groups -OCH3 is 1. The summed E-state index contributed by atoms with van der Waals surface area (Å²) >= 11 is 0. The number of aromatic nitrogens is 2. The zero-order valence-corrected chi connectivity index (χ0v) is 29.9. The summed E-state index contributed by atoms with van der Waals surface area (Å²) < 4.78 is 5.23. The minimum atomic E-state index is -0.618. The number of fused-ring (bicyclic) bond motifs is 2. The highest BCUT2D eigenvalue weighted by atomic mass is 16.5. The maximum absolute atomic E-state index is 14.9. The van der Waals surface area contributed by atoms with E-state index in [9.17, 15) is 19.2 Å². The van der Waals surface area contributed by atoms with E-state index in [0.29, 0.717) is 86.1 Å². The molecule has 0 spiro atoms. The van der Waals surface area contributed by atoms with E-state index in [1.165, 1.54) is 18.2 Å². The fraction of sp³-hybridized carbons (Fsp3) is 0.227. The van der Waals surface area contributed by atoms with Crippen molar-refractivity contribution in [1.29, 1.82) is 0 Å². The number of ether oxygens (including phenoxy) is 1. The average Bonchev–Trinajstić information content (AvgIpc) is 3.19. The predicted octanol–water partition coefficient (Wildman–Crippen LogP) is 8.29. The van der Waals surface area contributed by atoms with Crippen LogP contribution in [-0.4, -0.2) is 63.7 Å². The van der Waals surface area contributed by atoms with Crippen LogP contribution in [0.15, 0.2) is 91.3 Å². The number of rotatable bonds is 11. The van der Waals surface area contributed by atoms with E-state index in [4.69, 9.17) is 14.7 Å². The fourth-order valence-corrected chi connectivity index (χ4v) is 7.71. The van der Waals surface area contributed by atoms with Crippen molar-refractivity contribution < 1.29 is 23.9 Å². The molecule has 0 saturated heterocycles. The van der Waals surface area contributed by atoms with Crippen molar-refractivity contribution >= 4 is 67.0 Å². The molecule has 1 aliphatic heterocycles. The molecule has 2 aromatic heterocycles. The smallest absolute Gasteiger partial charge is 0.340 e. The van der Waals surface area contributed by atoms with Gasteiger partial charge in [-0.25, -0.2) is 4.79 Å². The van der Waals surface area contributed by atoms with Crippen molar-refractivity contribution in [3.8, 4) is 0 Å². The largest absolute Gasteiger partial charge is 0.465 e. The number of carbonyl (C=O) groups excluding carboxylic acids is 4. The first-order valence-corrected chi connectivity index (χ1v) is 18.1. The Morgan fingerprint density at radius 1 is 0.717 bits per heavy atom. The predicted molar refractivity (Wildman–Crippen MR) is 206 cm³/mol. The Hall–Kier alpha value is -6.22. The number of aryl methyl sites for hydroxylation is 1. The molecule has 0 unspecified atom stereocenters. The summed E-state index contributed by atoms with van der Waals surface area (Å²) in [6, 6.07) is 25.3. The number of hydrogen-bond donors (Lipinski definition) is 0. The number of imide groups is 1. The molecule has 9 nitrogen and oxygen atoms in total.